The van der Waals surface area contributed by atoms with Crippen molar-refractivity contribution in [3.63, 3.8) is 0 Å². The van der Waals surface area contributed by atoms with Crippen LogP contribution in [0.3, 0.4) is 0 Å². The number of hydrogen-bond donors (Lipinski definition) is 2. The first-order valence-corrected chi connectivity index (χ1v) is 8.16. The third-order valence-corrected chi connectivity index (χ3v) is 3.55. The number of amides is 1. The molecule has 0 aliphatic heterocycles. The van der Waals surface area contributed by atoms with Crippen molar-refractivity contribution < 1.29 is 23.0 Å². The zero-order valence-corrected chi connectivity index (χ0v) is 14.8. The van der Waals surface area contributed by atoms with E-state index in [1.54, 1.807) is 24.3 Å². The predicted octanol–water partition coefficient (Wildman–Crippen LogP) is 3.52. The highest BCUT2D eigenvalue weighted by atomic mass is 19.1. The Morgan fingerprint density at radius 1 is 1.00 bits per heavy atom. The van der Waals surface area contributed by atoms with Gasteiger partial charge in [-0.1, -0.05) is 12.1 Å². The minimum Gasteiger partial charge on any atom is -0.493 e. The molecule has 0 radical (unpaired) electrons. The van der Waals surface area contributed by atoms with Crippen LogP contribution in [0.2, 0.25) is 0 Å². The van der Waals surface area contributed by atoms with E-state index in [9.17, 15) is 13.6 Å². The number of carbonyl (C=O) groups is 1. The molecule has 0 atom stereocenters. The van der Waals surface area contributed by atoms with Gasteiger partial charge in [-0.15, -0.1) is 10.2 Å². The van der Waals surface area contributed by atoms with E-state index in [-0.39, 0.29) is 23.9 Å². The van der Waals surface area contributed by atoms with Crippen LogP contribution in [0.4, 0.5) is 26.1 Å². The van der Waals surface area contributed by atoms with Crippen molar-refractivity contribution >= 4 is 23.2 Å². The highest BCUT2D eigenvalue weighted by molar-refractivity contribution is 5.91. The molecule has 3 aromatic rings. The molecular weight excluding hydrogens is 370 g/mol. The van der Waals surface area contributed by atoms with Crippen LogP contribution in [0.1, 0.15) is 0 Å². The maximum atomic E-state index is 13.6. The Bertz CT molecular complexity index is 968. The molecule has 1 amide bonds. The summed E-state index contributed by atoms with van der Waals surface area (Å²) in [6, 6.07) is 13.0. The standard InChI is InChI=1S/C19H16F2N4O3/c1-27-15-4-2-3-5-16(15)28-11-19(26)23-18-9-8-17(24-25-18)22-14-7-6-12(20)10-13(14)21/h2-10H,11H2,1H3,(H,22,24)(H,23,25,26). The fourth-order valence-corrected chi connectivity index (χ4v) is 2.25. The number of halogens is 2. The van der Waals surface area contributed by atoms with Gasteiger partial charge in [0.1, 0.15) is 11.6 Å². The number of rotatable bonds is 7. The van der Waals surface area contributed by atoms with E-state index >= 15 is 0 Å². The van der Waals surface area contributed by atoms with Crippen LogP contribution in [0.25, 0.3) is 0 Å². The molecular formula is C19H16F2N4O3. The number of anilines is 3. The van der Waals surface area contributed by atoms with Gasteiger partial charge in [-0.25, -0.2) is 8.78 Å². The normalized spacial score (nSPS) is 10.2. The summed E-state index contributed by atoms with van der Waals surface area (Å²) < 4.78 is 37.1. The SMILES string of the molecule is COc1ccccc1OCC(=O)Nc1ccc(Nc2ccc(F)cc2F)nn1. The fraction of sp³-hybridized carbons (Fsp3) is 0.105. The van der Waals surface area contributed by atoms with Crippen LogP contribution < -0.4 is 20.1 Å². The number of benzene rings is 2. The van der Waals surface area contributed by atoms with Crippen LogP contribution in [-0.4, -0.2) is 29.8 Å². The van der Waals surface area contributed by atoms with E-state index in [1.807, 2.05) is 0 Å². The second-order valence-corrected chi connectivity index (χ2v) is 5.54. The Balaban J connectivity index is 1.55. The molecule has 9 heteroatoms. The minimum atomic E-state index is -0.757. The molecule has 0 aliphatic rings. The van der Waals surface area contributed by atoms with E-state index in [4.69, 9.17) is 9.47 Å². The van der Waals surface area contributed by atoms with Crippen LogP contribution in [0.15, 0.2) is 54.6 Å². The first kappa shape index (κ1) is 19.0. The first-order valence-electron chi connectivity index (χ1n) is 8.16. The Kier molecular flexibility index (Phi) is 5.95. The van der Waals surface area contributed by atoms with Crippen molar-refractivity contribution in [2.75, 3.05) is 24.4 Å². The van der Waals surface area contributed by atoms with Gasteiger partial charge in [-0.05, 0) is 36.4 Å². The number of methoxy groups -OCH3 is 1. The van der Waals surface area contributed by atoms with Gasteiger partial charge in [0, 0.05) is 6.07 Å². The number of para-hydroxylation sites is 2. The van der Waals surface area contributed by atoms with Crippen molar-refractivity contribution in [2.24, 2.45) is 0 Å². The van der Waals surface area contributed by atoms with Crippen molar-refractivity contribution in [3.05, 3.63) is 66.2 Å². The van der Waals surface area contributed by atoms with Gasteiger partial charge >= 0.3 is 0 Å². The van der Waals surface area contributed by atoms with E-state index in [0.717, 1.165) is 12.1 Å². The van der Waals surface area contributed by atoms with Crippen LogP contribution in [0.5, 0.6) is 11.5 Å². The number of nitrogens with zero attached hydrogens (tertiary/aromatic N) is 2. The summed E-state index contributed by atoms with van der Waals surface area (Å²) in [6.45, 7) is -0.247. The van der Waals surface area contributed by atoms with Crippen LogP contribution in [-0.2, 0) is 4.79 Å². The van der Waals surface area contributed by atoms with E-state index in [2.05, 4.69) is 20.8 Å². The summed E-state index contributed by atoms with van der Waals surface area (Å²) in [5.74, 6) is -0.501. The van der Waals surface area contributed by atoms with Crippen molar-refractivity contribution in [2.45, 2.75) is 0 Å². The van der Waals surface area contributed by atoms with Gasteiger partial charge in [-0.3, -0.25) is 4.79 Å². The van der Waals surface area contributed by atoms with Crippen molar-refractivity contribution in [3.8, 4) is 11.5 Å². The second-order valence-electron chi connectivity index (χ2n) is 5.54. The van der Waals surface area contributed by atoms with Crippen LogP contribution >= 0.6 is 0 Å². The lowest BCUT2D eigenvalue weighted by Gasteiger charge is -2.10. The number of aromatic nitrogens is 2. The third-order valence-electron chi connectivity index (χ3n) is 3.55. The fourth-order valence-electron chi connectivity index (χ4n) is 2.25. The number of hydrogen-bond acceptors (Lipinski definition) is 6. The predicted molar refractivity (Wildman–Crippen MR) is 98.8 cm³/mol. The Morgan fingerprint density at radius 2 is 1.71 bits per heavy atom. The molecule has 0 spiro atoms. The lowest BCUT2D eigenvalue weighted by atomic mass is 10.3. The zero-order valence-electron chi connectivity index (χ0n) is 14.8. The van der Waals surface area contributed by atoms with Gasteiger partial charge in [0.25, 0.3) is 5.91 Å². The van der Waals surface area contributed by atoms with Gasteiger partial charge in [-0.2, -0.15) is 0 Å². The molecule has 2 aromatic carbocycles. The molecule has 2 N–H and O–H groups in total. The average molecular weight is 386 g/mol. The molecule has 28 heavy (non-hydrogen) atoms. The zero-order chi connectivity index (χ0) is 19.9. The van der Waals surface area contributed by atoms with E-state index in [1.165, 1.54) is 25.3 Å². The molecule has 3 rings (SSSR count). The topological polar surface area (TPSA) is 85.4 Å². The first-order chi connectivity index (χ1) is 13.5. The quantitative estimate of drug-likeness (QED) is 0.646. The lowest BCUT2D eigenvalue weighted by Crippen LogP contribution is -2.21. The van der Waals surface area contributed by atoms with Crippen molar-refractivity contribution in [1.29, 1.82) is 0 Å². The number of nitrogens with one attached hydrogen (secondary N) is 2. The average Bonchev–Trinajstić information content (AvgIpc) is 2.70. The largest absolute Gasteiger partial charge is 0.493 e. The van der Waals surface area contributed by atoms with Gasteiger partial charge in [0.15, 0.2) is 29.7 Å². The number of ether oxygens (including phenoxy) is 2. The molecule has 7 nitrogen and oxygen atoms in total. The molecule has 0 saturated carbocycles. The molecule has 0 aliphatic carbocycles. The highest BCUT2D eigenvalue weighted by Gasteiger charge is 2.09. The highest BCUT2D eigenvalue weighted by Crippen LogP contribution is 2.25. The number of carbonyl (C=O) groups excluding carboxylic acids is 1. The van der Waals surface area contributed by atoms with Gasteiger partial charge in [0.2, 0.25) is 0 Å². The van der Waals surface area contributed by atoms with E-state index < -0.39 is 17.5 Å². The van der Waals surface area contributed by atoms with Gasteiger partial charge < -0.3 is 20.1 Å². The summed E-state index contributed by atoms with van der Waals surface area (Å²) in [4.78, 5) is 12.0. The third kappa shape index (κ3) is 4.91. The molecule has 1 heterocycles. The Labute approximate surface area is 159 Å². The molecule has 1 aromatic heterocycles. The van der Waals surface area contributed by atoms with Crippen LogP contribution in [0, 0.1) is 11.6 Å². The smallest absolute Gasteiger partial charge is 0.263 e. The second kappa shape index (κ2) is 8.76. The maximum Gasteiger partial charge on any atom is 0.263 e. The molecule has 0 bridgehead atoms. The minimum absolute atomic E-state index is 0.0534. The molecule has 0 fully saturated rings. The summed E-state index contributed by atoms with van der Waals surface area (Å²) >= 11 is 0. The lowest BCUT2D eigenvalue weighted by molar-refractivity contribution is -0.118. The summed E-state index contributed by atoms with van der Waals surface area (Å²) in [5, 5.41) is 12.9. The Morgan fingerprint density at radius 3 is 2.39 bits per heavy atom. The van der Waals surface area contributed by atoms with Gasteiger partial charge in [0.05, 0.1) is 12.8 Å². The van der Waals surface area contributed by atoms with Crippen molar-refractivity contribution in [1.82, 2.24) is 10.2 Å². The summed E-state index contributed by atoms with van der Waals surface area (Å²) in [7, 11) is 1.51. The monoisotopic (exact) mass is 386 g/mol. The van der Waals surface area contributed by atoms with E-state index in [0.29, 0.717) is 11.5 Å². The Hall–Kier alpha value is -3.75. The molecule has 144 valence electrons. The summed E-state index contributed by atoms with van der Waals surface area (Å²) in [5.41, 5.74) is 0.0534. The molecule has 0 unspecified atom stereocenters. The maximum absolute atomic E-state index is 13.6. The summed E-state index contributed by atoms with van der Waals surface area (Å²) in [6.07, 6.45) is 0. The molecule has 0 saturated heterocycles.